The second kappa shape index (κ2) is 8.85. The van der Waals surface area contributed by atoms with Crippen molar-refractivity contribution in [2.75, 3.05) is 38.2 Å². The molecular formula is C26H29N5O3. The van der Waals surface area contributed by atoms with E-state index in [1.54, 1.807) is 20.4 Å². The van der Waals surface area contributed by atoms with E-state index in [4.69, 9.17) is 4.74 Å². The molecule has 8 nitrogen and oxygen atoms in total. The van der Waals surface area contributed by atoms with Crippen LogP contribution in [0.15, 0.2) is 59.5 Å². The van der Waals surface area contributed by atoms with E-state index in [9.17, 15) is 9.59 Å². The van der Waals surface area contributed by atoms with E-state index in [-0.39, 0.29) is 11.5 Å². The first-order chi connectivity index (χ1) is 16.5. The minimum atomic E-state index is -0.454. The average Bonchev–Trinajstić information content (AvgIpc) is 3.22. The van der Waals surface area contributed by atoms with Gasteiger partial charge in [0.05, 0.1) is 18.8 Å². The van der Waals surface area contributed by atoms with Gasteiger partial charge in [-0.15, -0.1) is 0 Å². The third-order valence-corrected chi connectivity index (χ3v) is 6.82. The van der Waals surface area contributed by atoms with Crippen molar-refractivity contribution in [2.45, 2.75) is 19.4 Å². The number of hydrogen-bond donors (Lipinski definition) is 0. The van der Waals surface area contributed by atoms with Gasteiger partial charge in [-0.3, -0.25) is 9.59 Å². The number of aryl methyl sites for hydroxylation is 1. The molecule has 0 bridgehead atoms. The number of fused-ring (bicyclic) bond motifs is 3. The Bertz CT molecular complexity index is 1400. The standard InChI is InChI=1S/C26H29N5O3/c1-4-22(25(32)30-15-13-29(14-16-30)18-9-11-19(34-3)12-10-18)31-23-8-6-5-7-20(23)21-17-27-28(2)26(33)24(21)31/h5-12,17,22H,4,13-16H2,1-3H3. The van der Waals surface area contributed by atoms with Crippen molar-refractivity contribution in [3.05, 3.63) is 65.1 Å². The molecule has 1 amide bonds. The highest BCUT2D eigenvalue weighted by Crippen LogP contribution is 2.32. The molecule has 3 heterocycles. The van der Waals surface area contributed by atoms with Crippen LogP contribution in [0.5, 0.6) is 5.75 Å². The van der Waals surface area contributed by atoms with Crippen LogP contribution < -0.4 is 15.2 Å². The quantitative estimate of drug-likeness (QED) is 0.458. The number of hydrogen-bond acceptors (Lipinski definition) is 5. The predicted octanol–water partition coefficient (Wildman–Crippen LogP) is 3.20. The Morgan fingerprint density at radius 1 is 1.03 bits per heavy atom. The molecule has 0 aliphatic carbocycles. The summed E-state index contributed by atoms with van der Waals surface area (Å²) in [5.74, 6) is 0.884. The Kier molecular flexibility index (Phi) is 5.73. The lowest BCUT2D eigenvalue weighted by Crippen LogP contribution is -2.50. The maximum Gasteiger partial charge on any atom is 0.291 e. The van der Waals surface area contributed by atoms with Gasteiger partial charge in [-0.05, 0) is 36.8 Å². The van der Waals surface area contributed by atoms with E-state index in [2.05, 4.69) is 10.00 Å². The summed E-state index contributed by atoms with van der Waals surface area (Å²) >= 11 is 0. The first-order valence-corrected chi connectivity index (χ1v) is 11.7. The SMILES string of the molecule is CCC(C(=O)N1CCN(c2ccc(OC)cc2)CC1)n1c2ccccc2c2cnn(C)c(=O)c21. The van der Waals surface area contributed by atoms with Gasteiger partial charge in [0.15, 0.2) is 0 Å². The molecule has 2 aromatic carbocycles. The summed E-state index contributed by atoms with van der Waals surface area (Å²) in [4.78, 5) is 31.1. The molecule has 34 heavy (non-hydrogen) atoms. The largest absolute Gasteiger partial charge is 0.497 e. The normalized spacial score (nSPS) is 15.1. The fourth-order valence-corrected chi connectivity index (χ4v) is 4.97. The molecule has 1 saturated heterocycles. The van der Waals surface area contributed by atoms with Crippen LogP contribution in [-0.2, 0) is 11.8 Å². The first-order valence-electron chi connectivity index (χ1n) is 11.7. The molecule has 1 aliphatic heterocycles. The lowest BCUT2D eigenvalue weighted by Gasteiger charge is -2.38. The molecule has 8 heteroatoms. The maximum atomic E-state index is 13.8. The molecule has 176 valence electrons. The highest BCUT2D eigenvalue weighted by atomic mass is 16.5. The summed E-state index contributed by atoms with van der Waals surface area (Å²) < 4.78 is 8.53. The van der Waals surface area contributed by atoms with Gasteiger partial charge in [0.2, 0.25) is 5.91 Å². The second-order valence-electron chi connectivity index (χ2n) is 8.66. The molecule has 0 saturated carbocycles. The number of anilines is 1. The smallest absolute Gasteiger partial charge is 0.291 e. The average molecular weight is 460 g/mol. The van der Waals surface area contributed by atoms with Gasteiger partial charge in [-0.25, -0.2) is 4.68 Å². The highest BCUT2D eigenvalue weighted by molar-refractivity contribution is 6.08. The maximum absolute atomic E-state index is 13.8. The van der Waals surface area contributed by atoms with Crippen molar-refractivity contribution in [1.82, 2.24) is 19.2 Å². The Morgan fingerprint density at radius 3 is 2.41 bits per heavy atom. The molecule has 1 unspecified atom stereocenters. The molecule has 5 rings (SSSR count). The summed E-state index contributed by atoms with van der Waals surface area (Å²) in [5.41, 5.74) is 2.36. The number of nitrogens with zero attached hydrogens (tertiary/aromatic N) is 5. The summed E-state index contributed by atoms with van der Waals surface area (Å²) in [6.07, 6.45) is 2.32. The summed E-state index contributed by atoms with van der Waals surface area (Å²) in [5, 5.41) is 5.95. The monoisotopic (exact) mass is 459 g/mol. The van der Waals surface area contributed by atoms with E-state index in [1.165, 1.54) is 4.68 Å². The number of carbonyl (C=O) groups excluding carboxylic acids is 1. The van der Waals surface area contributed by atoms with Gasteiger partial charge in [0.25, 0.3) is 5.56 Å². The Labute approximate surface area is 197 Å². The van der Waals surface area contributed by atoms with Gasteiger partial charge in [0, 0.05) is 49.7 Å². The number of ether oxygens (including phenoxy) is 1. The minimum absolute atomic E-state index is 0.0541. The number of rotatable bonds is 5. The number of carbonyl (C=O) groups is 1. The molecule has 1 aliphatic rings. The van der Waals surface area contributed by atoms with Crippen molar-refractivity contribution in [3.8, 4) is 5.75 Å². The Hall–Kier alpha value is -3.81. The Balaban J connectivity index is 1.45. The molecule has 0 N–H and O–H groups in total. The summed E-state index contributed by atoms with van der Waals surface area (Å²) in [6, 6.07) is 15.4. The van der Waals surface area contributed by atoms with Crippen LogP contribution in [0.4, 0.5) is 5.69 Å². The summed E-state index contributed by atoms with van der Waals surface area (Å²) in [6.45, 7) is 4.79. The van der Waals surface area contributed by atoms with Crippen LogP contribution in [0.3, 0.4) is 0 Å². The van der Waals surface area contributed by atoms with E-state index < -0.39 is 6.04 Å². The van der Waals surface area contributed by atoms with E-state index in [1.807, 2.05) is 64.9 Å². The van der Waals surface area contributed by atoms with Crippen LogP contribution in [0, 0.1) is 0 Å². The van der Waals surface area contributed by atoms with E-state index in [0.717, 1.165) is 40.8 Å². The van der Waals surface area contributed by atoms with Crippen LogP contribution >= 0.6 is 0 Å². The molecule has 0 radical (unpaired) electrons. The second-order valence-corrected chi connectivity index (χ2v) is 8.66. The van der Waals surface area contributed by atoms with Crippen LogP contribution in [0.25, 0.3) is 21.8 Å². The van der Waals surface area contributed by atoms with Crippen LogP contribution in [-0.4, -0.2) is 58.4 Å². The lowest BCUT2D eigenvalue weighted by atomic mass is 10.1. The highest BCUT2D eigenvalue weighted by Gasteiger charge is 2.30. The van der Waals surface area contributed by atoms with Gasteiger partial charge in [0.1, 0.15) is 17.3 Å². The number of aromatic nitrogens is 3. The zero-order valence-electron chi connectivity index (χ0n) is 19.8. The van der Waals surface area contributed by atoms with Gasteiger partial charge in [-0.1, -0.05) is 25.1 Å². The molecular weight excluding hydrogens is 430 g/mol. The number of piperazine rings is 1. The van der Waals surface area contributed by atoms with Gasteiger partial charge >= 0.3 is 0 Å². The molecule has 2 aromatic heterocycles. The predicted molar refractivity (Wildman–Crippen MR) is 134 cm³/mol. The fraction of sp³-hybridized carbons (Fsp3) is 0.346. The lowest BCUT2D eigenvalue weighted by molar-refractivity contribution is -0.135. The van der Waals surface area contributed by atoms with Crippen LogP contribution in [0.1, 0.15) is 19.4 Å². The molecule has 4 aromatic rings. The molecule has 0 spiro atoms. The zero-order chi connectivity index (χ0) is 23.8. The van der Waals surface area contributed by atoms with E-state index >= 15 is 0 Å². The first kappa shape index (κ1) is 22.0. The Morgan fingerprint density at radius 2 is 1.74 bits per heavy atom. The van der Waals surface area contributed by atoms with Crippen molar-refractivity contribution in [1.29, 1.82) is 0 Å². The van der Waals surface area contributed by atoms with Crippen molar-refractivity contribution >= 4 is 33.4 Å². The third kappa shape index (κ3) is 3.59. The van der Waals surface area contributed by atoms with Crippen LogP contribution in [0.2, 0.25) is 0 Å². The number of methoxy groups -OCH3 is 1. The number of benzene rings is 2. The van der Waals surface area contributed by atoms with Crippen molar-refractivity contribution in [3.63, 3.8) is 0 Å². The van der Waals surface area contributed by atoms with Crippen molar-refractivity contribution in [2.24, 2.45) is 7.05 Å². The zero-order valence-corrected chi connectivity index (χ0v) is 19.8. The van der Waals surface area contributed by atoms with Gasteiger partial charge < -0.3 is 19.1 Å². The van der Waals surface area contributed by atoms with E-state index in [0.29, 0.717) is 25.0 Å². The molecule has 1 atom stereocenters. The topological polar surface area (TPSA) is 72.6 Å². The molecule has 1 fully saturated rings. The number of para-hydroxylation sites is 1. The third-order valence-electron chi connectivity index (χ3n) is 6.82. The number of amides is 1. The summed E-state index contributed by atoms with van der Waals surface area (Å²) in [7, 11) is 3.30. The van der Waals surface area contributed by atoms with Gasteiger partial charge in [-0.2, -0.15) is 5.10 Å². The van der Waals surface area contributed by atoms with Crippen molar-refractivity contribution < 1.29 is 9.53 Å². The minimum Gasteiger partial charge on any atom is -0.497 e. The fourth-order valence-electron chi connectivity index (χ4n) is 4.97.